The lowest BCUT2D eigenvalue weighted by molar-refractivity contribution is -0.102. The highest BCUT2D eigenvalue weighted by Gasteiger charge is 2.45. The molecule has 0 aromatic carbocycles. The normalized spacial score (nSPS) is 26.8. The average Bonchev–Trinajstić information content (AvgIpc) is 2.24. The SMILES string of the molecule is CCN1CCC2(CC1)CC(OCCN)C2. The van der Waals surface area contributed by atoms with Gasteiger partial charge in [-0.05, 0) is 50.7 Å². The number of nitrogens with two attached hydrogens (primary N) is 1. The number of likely N-dealkylation sites (tertiary alicyclic amines) is 1. The zero-order valence-electron chi connectivity index (χ0n) is 9.87. The van der Waals surface area contributed by atoms with Gasteiger partial charge in [0, 0.05) is 6.54 Å². The lowest BCUT2D eigenvalue weighted by Crippen LogP contribution is -2.50. The van der Waals surface area contributed by atoms with Crippen molar-refractivity contribution in [3.8, 4) is 0 Å². The fourth-order valence-electron chi connectivity index (χ4n) is 3.01. The first kappa shape index (κ1) is 11.4. The zero-order chi connectivity index (χ0) is 10.7. The van der Waals surface area contributed by atoms with Crippen LogP contribution in [0.2, 0.25) is 0 Å². The van der Waals surface area contributed by atoms with Gasteiger partial charge in [-0.3, -0.25) is 0 Å². The second-order valence-corrected chi connectivity index (χ2v) is 5.12. The van der Waals surface area contributed by atoms with E-state index in [0.29, 0.717) is 18.1 Å². The van der Waals surface area contributed by atoms with Crippen LogP contribution in [-0.2, 0) is 4.74 Å². The second-order valence-electron chi connectivity index (χ2n) is 5.12. The van der Waals surface area contributed by atoms with E-state index in [1.54, 1.807) is 0 Å². The lowest BCUT2D eigenvalue weighted by Gasteiger charge is -2.51. The molecular weight excluding hydrogens is 188 g/mol. The van der Waals surface area contributed by atoms with Crippen LogP contribution >= 0.6 is 0 Å². The number of piperidine rings is 1. The summed E-state index contributed by atoms with van der Waals surface area (Å²) in [5, 5.41) is 0. The quantitative estimate of drug-likeness (QED) is 0.761. The maximum atomic E-state index is 5.67. The van der Waals surface area contributed by atoms with Crippen molar-refractivity contribution in [2.24, 2.45) is 11.1 Å². The lowest BCUT2D eigenvalue weighted by atomic mass is 9.61. The Hall–Kier alpha value is -0.120. The van der Waals surface area contributed by atoms with E-state index >= 15 is 0 Å². The molecule has 2 aliphatic rings. The summed E-state index contributed by atoms with van der Waals surface area (Å²) in [7, 11) is 0. The van der Waals surface area contributed by atoms with Crippen LogP contribution in [0.3, 0.4) is 0 Å². The van der Waals surface area contributed by atoms with Crippen molar-refractivity contribution < 1.29 is 4.74 Å². The molecule has 15 heavy (non-hydrogen) atoms. The van der Waals surface area contributed by atoms with Crippen LogP contribution in [0.25, 0.3) is 0 Å². The summed E-state index contributed by atoms with van der Waals surface area (Å²) >= 11 is 0. The molecule has 0 aromatic rings. The van der Waals surface area contributed by atoms with Crippen LogP contribution in [0, 0.1) is 5.41 Å². The van der Waals surface area contributed by atoms with E-state index in [9.17, 15) is 0 Å². The van der Waals surface area contributed by atoms with Gasteiger partial charge in [-0.1, -0.05) is 6.92 Å². The van der Waals surface area contributed by atoms with Gasteiger partial charge in [-0.15, -0.1) is 0 Å². The van der Waals surface area contributed by atoms with Crippen LogP contribution in [0.5, 0.6) is 0 Å². The van der Waals surface area contributed by atoms with Crippen molar-refractivity contribution in [1.29, 1.82) is 0 Å². The van der Waals surface area contributed by atoms with Gasteiger partial charge in [-0.25, -0.2) is 0 Å². The molecule has 1 saturated carbocycles. The molecule has 1 aliphatic carbocycles. The summed E-state index contributed by atoms with van der Waals surface area (Å²) < 4.78 is 5.67. The Morgan fingerprint density at radius 2 is 2.00 bits per heavy atom. The smallest absolute Gasteiger partial charge is 0.0592 e. The third-order valence-electron chi connectivity index (χ3n) is 4.16. The predicted molar refractivity (Wildman–Crippen MR) is 61.8 cm³/mol. The fourth-order valence-corrected chi connectivity index (χ4v) is 3.01. The van der Waals surface area contributed by atoms with E-state index in [0.717, 1.165) is 6.61 Å². The van der Waals surface area contributed by atoms with Crippen LogP contribution in [-0.4, -0.2) is 43.8 Å². The van der Waals surface area contributed by atoms with Crippen molar-refractivity contribution in [3.63, 3.8) is 0 Å². The number of nitrogens with zero attached hydrogens (tertiary/aromatic N) is 1. The summed E-state index contributed by atoms with van der Waals surface area (Å²) in [6.45, 7) is 7.45. The first-order valence-electron chi connectivity index (χ1n) is 6.32. The molecule has 0 bridgehead atoms. The number of hydrogen-bond donors (Lipinski definition) is 1. The van der Waals surface area contributed by atoms with Crippen LogP contribution in [0.4, 0.5) is 0 Å². The van der Waals surface area contributed by atoms with Crippen LogP contribution < -0.4 is 5.73 Å². The minimum absolute atomic E-state index is 0.515. The highest BCUT2D eigenvalue weighted by Crippen LogP contribution is 2.50. The predicted octanol–water partition coefficient (Wildman–Crippen LogP) is 1.23. The summed E-state index contributed by atoms with van der Waals surface area (Å²) in [5.74, 6) is 0. The van der Waals surface area contributed by atoms with Gasteiger partial charge >= 0.3 is 0 Å². The number of rotatable bonds is 4. The molecule has 1 saturated heterocycles. The summed E-state index contributed by atoms with van der Waals surface area (Å²) in [6.07, 6.45) is 5.84. The first-order valence-corrected chi connectivity index (χ1v) is 6.32. The van der Waals surface area contributed by atoms with Crippen LogP contribution in [0.15, 0.2) is 0 Å². The molecule has 88 valence electrons. The number of hydrogen-bond acceptors (Lipinski definition) is 3. The van der Waals surface area contributed by atoms with E-state index in [4.69, 9.17) is 10.5 Å². The third kappa shape index (κ3) is 2.52. The van der Waals surface area contributed by atoms with Gasteiger partial charge in [0.15, 0.2) is 0 Å². The molecule has 0 radical (unpaired) electrons. The molecule has 0 amide bonds. The Balaban J connectivity index is 1.69. The highest BCUT2D eigenvalue weighted by molar-refractivity contribution is 4.97. The van der Waals surface area contributed by atoms with E-state index < -0.39 is 0 Å². The summed E-state index contributed by atoms with van der Waals surface area (Å²) in [4.78, 5) is 2.55. The Bertz CT molecular complexity index is 192. The van der Waals surface area contributed by atoms with E-state index in [2.05, 4.69) is 11.8 Å². The largest absolute Gasteiger partial charge is 0.377 e. The van der Waals surface area contributed by atoms with Gasteiger partial charge < -0.3 is 15.4 Å². The molecular formula is C12H24N2O. The fraction of sp³-hybridized carbons (Fsp3) is 1.00. The highest BCUT2D eigenvalue weighted by atomic mass is 16.5. The Kier molecular flexibility index (Phi) is 3.65. The Labute approximate surface area is 93.0 Å². The van der Waals surface area contributed by atoms with E-state index in [1.807, 2.05) is 0 Å². The molecule has 0 atom stereocenters. The monoisotopic (exact) mass is 212 g/mol. The third-order valence-corrected chi connectivity index (χ3v) is 4.16. The van der Waals surface area contributed by atoms with Gasteiger partial charge in [0.25, 0.3) is 0 Å². The van der Waals surface area contributed by atoms with E-state index in [1.165, 1.54) is 45.3 Å². The topological polar surface area (TPSA) is 38.5 Å². The maximum Gasteiger partial charge on any atom is 0.0592 e. The molecule has 0 unspecified atom stereocenters. The van der Waals surface area contributed by atoms with E-state index in [-0.39, 0.29) is 0 Å². The Morgan fingerprint density at radius 1 is 1.33 bits per heavy atom. The van der Waals surface area contributed by atoms with Crippen molar-refractivity contribution >= 4 is 0 Å². The summed E-state index contributed by atoms with van der Waals surface area (Å²) in [5.41, 5.74) is 6.07. The molecule has 3 heteroatoms. The second kappa shape index (κ2) is 4.81. The molecule has 2 rings (SSSR count). The number of ether oxygens (including phenoxy) is 1. The van der Waals surface area contributed by atoms with Gasteiger partial charge in [0.05, 0.1) is 12.7 Å². The minimum Gasteiger partial charge on any atom is -0.377 e. The van der Waals surface area contributed by atoms with Crippen molar-refractivity contribution in [1.82, 2.24) is 4.90 Å². The summed E-state index contributed by atoms with van der Waals surface area (Å²) in [6, 6.07) is 0. The van der Waals surface area contributed by atoms with Gasteiger partial charge in [-0.2, -0.15) is 0 Å². The molecule has 2 fully saturated rings. The molecule has 2 N–H and O–H groups in total. The molecule has 1 spiro atoms. The standard InChI is InChI=1S/C12H24N2O/c1-2-14-6-3-12(4-7-14)9-11(10-12)15-8-5-13/h11H,2-10,13H2,1H3. The van der Waals surface area contributed by atoms with Crippen molar-refractivity contribution in [3.05, 3.63) is 0 Å². The average molecular weight is 212 g/mol. The zero-order valence-corrected chi connectivity index (χ0v) is 9.87. The van der Waals surface area contributed by atoms with Crippen molar-refractivity contribution in [2.45, 2.75) is 38.7 Å². The van der Waals surface area contributed by atoms with Crippen LogP contribution in [0.1, 0.15) is 32.6 Å². The molecule has 1 aliphatic heterocycles. The van der Waals surface area contributed by atoms with Crippen molar-refractivity contribution in [2.75, 3.05) is 32.8 Å². The minimum atomic E-state index is 0.515. The Morgan fingerprint density at radius 3 is 2.53 bits per heavy atom. The van der Waals surface area contributed by atoms with Gasteiger partial charge in [0.2, 0.25) is 0 Å². The molecule has 1 heterocycles. The van der Waals surface area contributed by atoms with Gasteiger partial charge in [0.1, 0.15) is 0 Å². The maximum absolute atomic E-state index is 5.67. The first-order chi connectivity index (χ1) is 7.28. The molecule has 0 aromatic heterocycles. The molecule has 3 nitrogen and oxygen atoms in total.